The number of methoxy groups -OCH3 is 1. The molecule has 2 rings (SSSR count). The summed E-state index contributed by atoms with van der Waals surface area (Å²) in [4.78, 5) is 4.33. The van der Waals surface area contributed by atoms with Crippen LogP contribution in [0.25, 0.3) is 0 Å². The molecule has 19 heavy (non-hydrogen) atoms. The van der Waals surface area contributed by atoms with Crippen LogP contribution in [0.4, 0.5) is 0 Å². The molecule has 0 bridgehead atoms. The number of aryl methyl sites for hydroxylation is 1. The standard InChI is InChI=1S/C14H18N2O2S/c1-9-16-13(8-19-9)14(17)12(7-15)10-3-5-11(18-2)6-4-10/h3-6,8,12,14,17H,7,15H2,1-2H3. The Kier molecular flexibility index (Phi) is 4.52. The molecule has 0 aliphatic heterocycles. The number of aromatic nitrogens is 1. The minimum absolute atomic E-state index is 0.160. The van der Waals surface area contributed by atoms with Crippen LogP contribution in [-0.2, 0) is 0 Å². The lowest BCUT2D eigenvalue weighted by atomic mass is 9.92. The second kappa shape index (κ2) is 6.14. The minimum Gasteiger partial charge on any atom is -0.497 e. The van der Waals surface area contributed by atoms with Crippen molar-refractivity contribution in [1.82, 2.24) is 4.98 Å². The average Bonchev–Trinajstić information content (AvgIpc) is 2.87. The van der Waals surface area contributed by atoms with Crippen molar-refractivity contribution in [2.24, 2.45) is 5.73 Å². The van der Waals surface area contributed by atoms with E-state index >= 15 is 0 Å². The van der Waals surface area contributed by atoms with Crippen LogP contribution in [0.2, 0.25) is 0 Å². The monoisotopic (exact) mass is 278 g/mol. The summed E-state index contributed by atoms with van der Waals surface area (Å²) >= 11 is 1.53. The summed E-state index contributed by atoms with van der Waals surface area (Å²) in [5.74, 6) is 0.630. The lowest BCUT2D eigenvalue weighted by Crippen LogP contribution is -2.20. The van der Waals surface area contributed by atoms with Gasteiger partial charge in [0.2, 0.25) is 0 Å². The smallest absolute Gasteiger partial charge is 0.118 e. The van der Waals surface area contributed by atoms with Crippen LogP contribution in [0.3, 0.4) is 0 Å². The number of hydrogen-bond acceptors (Lipinski definition) is 5. The normalized spacial score (nSPS) is 14.1. The maximum absolute atomic E-state index is 10.4. The zero-order chi connectivity index (χ0) is 13.8. The second-order valence-corrected chi connectivity index (χ2v) is 5.41. The summed E-state index contributed by atoms with van der Waals surface area (Å²) in [7, 11) is 1.63. The lowest BCUT2D eigenvalue weighted by molar-refractivity contribution is 0.143. The third kappa shape index (κ3) is 3.12. The molecule has 2 unspecified atom stereocenters. The predicted molar refractivity (Wildman–Crippen MR) is 76.6 cm³/mol. The lowest BCUT2D eigenvalue weighted by Gasteiger charge is -2.20. The Morgan fingerprint density at radius 2 is 2.05 bits per heavy atom. The molecule has 102 valence electrons. The Morgan fingerprint density at radius 1 is 1.37 bits per heavy atom. The van der Waals surface area contributed by atoms with Crippen molar-refractivity contribution in [3.05, 3.63) is 45.9 Å². The fourth-order valence-electron chi connectivity index (χ4n) is 2.02. The Bertz CT molecular complexity index is 524. The van der Waals surface area contributed by atoms with Gasteiger partial charge in [-0.2, -0.15) is 0 Å². The van der Waals surface area contributed by atoms with E-state index in [0.29, 0.717) is 12.2 Å². The zero-order valence-electron chi connectivity index (χ0n) is 11.0. The average molecular weight is 278 g/mol. The van der Waals surface area contributed by atoms with Gasteiger partial charge in [0, 0.05) is 17.8 Å². The molecule has 1 heterocycles. The number of aliphatic hydroxyl groups is 1. The van der Waals surface area contributed by atoms with E-state index < -0.39 is 6.10 Å². The molecule has 1 aromatic heterocycles. The Labute approximate surface area is 116 Å². The summed E-state index contributed by atoms with van der Waals surface area (Å²) in [6.45, 7) is 2.29. The van der Waals surface area contributed by atoms with Crippen molar-refractivity contribution in [3.8, 4) is 5.75 Å². The molecule has 3 N–H and O–H groups in total. The van der Waals surface area contributed by atoms with Gasteiger partial charge in [-0.15, -0.1) is 11.3 Å². The largest absolute Gasteiger partial charge is 0.497 e. The molecule has 1 aromatic carbocycles. The van der Waals surface area contributed by atoms with Crippen molar-refractivity contribution in [2.45, 2.75) is 18.9 Å². The number of nitrogens with two attached hydrogens (primary N) is 1. The molecule has 0 saturated heterocycles. The van der Waals surface area contributed by atoms with E-state index in [0.717, 1.165) is 16.3 Å². The molecule has 0 spiro atoms. The maximum atomic E-state index is 10.4. The van der Waals surface area contributed by atoms with E-state index in [4.69, 9.17) is 10.5 Å². The molecular formula is C14H18N2O2S. The van der Waals surface area contributed by atoms with Crippen molar-refractivity contribution in [2.75, 3.05) is 13.7 Å². The van der Waals surface area contributed by atoms with Crippen molar-refractivity contribution >= 4 is 11.3 Å². The molecule has 0 fully saturated rings. The molecule has 0 saturated carbocycles. The predicted octanol–water partition coefficient (Wildman–Crippen LogP) is 2.24. The number of ether oxygens (including phenoxy) is 1. The fraction of sp³-hybridized carbons (Fsp3) is 0.357. The number of benzene rings is 1. The number of thiazole rings is 1. The maximum Gasteiger partial charge on any atom is 0.118 e. The molecule has 4 nitrogen and oxygen atoms in total. The van der Waals surface area contributed by atoms with Crippen LogP contribution in [-0.4, -0.2) is 23.7 Å². The highest BCUT2D eigenvalue weighted by molar-refractivity contribution is 7.09. The Hall–Kier alpha value is -1.43. The number of aliphatic hydroxyl groups excluding tert-OH is 1. The van der Waals surface area contributed by atoms with Gasteiger partial charge in [0.1, 0.15) is 11.9 Å². The van der Waals surface area contributed by atoms with Crippen LogP contribution in [0.15, 0.2) is 29.6 Å². The van der Waals surface area contributed by atoms with Crippen LogP contribution >= 0.6 is 11.3 Å². The third-order valence-electron chi connectivity index (χ3n) is 3.12. The molecule has 0 aliphatic carbocycles. The van der Waals surface area contributed by atoms with E-state index in [1.54, 1.807) is 7.11 Å². The number of rotatable bonds is 5. The van der Waals surface area contributed by atoms with Gasteiger partial charge in [-0.05, 0) is 24.6 Å². The van der Waals surface area contributed by atoms with Crippen molar-refractivity contribution in [3.63, 3.8) is 0 Å². The second-order valence-electron chi connectivity index (χ2n) is 4.35. The first-order chi connectivity index (χ1) is 9.15. The summed E-state index contributed by atoms with van der Waals surface area (Å²) in [5, 5.41) is 13.2. The Morgan fingerprint density at radius 3 is 2.53 bits per heavy atom. The van der Waals surface area contributed by atoms with Gasteiger partial charge >= 0.3 is 0 Å². The first-order valence-electron chi connectivity index (χ1n) is 6.09. The topological polar surface area (TPSA) is 68.4 Å². The highest BCUT2D eigenvalue weighted by atomic mass is 32.1. The molecule has 2 aromatic rings. The number of hydrogen-bond donors (Lipinski definition) is 2. The SMILES string of the molecule is COc1ccc(C(CN)C(O)c2csc(C)n2)cc1. The van der Waals surface area contributed by atoms with Gasteiger partial charge in [-0.1, -0.05) is 12.1 Å². The molecule has 0 aliphatic rings. The van der Waals surface area contributed by atoms with Crippen LogP contribution in [0.1, 0.15) is 28.3 Å². The molecule has 2 atom stereocenters. The highest BCUT2D eigenvalue weighted by Crippen LogP contribution is 2.31. The Balaban J connectivity index is 2.23. The van der Waals surface area contributed by atoms with Crippen LogP contribution < -0.4 is 10.5 Å². The minimum atomic E-state index is -0.677. The van der Waals surface area contributed by atoms with Gasteiger partial charge in [0.15, 0.2) is 0 Å². The van der Waals surface area contributed by atoms with Crippen LogP contribution in [0.5, 0.6) is 5.75 Å². The zero-order valence-corrected chi connectivity index (χ0v) is 11.9. The molecular weight excluding hydrogens is 260 g/mol. The van der Waals surface area contributed by atoms with Gasteiger partial charge in [-0.25, -0.2) is 4.98 Å². The van der Waals surface area contributed by atoms with E-state index in [9.17, 15) is 5.11 Å². The van der Waals surface area contributed by atoms with E-state index in [2.05, 4.69) is 4.98 Å². The van der Waals surface area contributed by atoms with E-state index in [-0.39, 0.29) is 5.92 Å². The van der Waals surface area contributed by atoms with E-state index in [1.165, 1.54) is 11.3 Å². The van der Waals surface area contributed by atoms with Gasteiger partial charge < -0.3 is 15.6 Å². The summed E-state index contributed by atoms with van der Waals surface area (Å²) in [6, 6.07) is 7.60. The summed E-state index contributed by atoms with van der Waals surface area (Å²) in [6.07, 6.45) is -0.677. The molecule has 0 amide bonds. The van der Waals surface area contributed by atoms with Crippen molar-refractivity contribution < 1.29 is 9.84 Å². The fourth-order valence-corrected chi connectivity index (χ4v) is 2.66. The van der Waals surface area contributed by atoms with Gasteiger partial charge in [0.05, 0.1) is 17.8 Å². The first-order valence-corrected chi connectivity index (χ1v) is 6.97. The van der Waals surface area contributed by atoms with Gasteiger partial charge in [-0.3, -0.25) is 0 Å². The quantitative estimate of drug-likeness (QED) is 0.880. The molecule has 5 heteroatoms. The summed E-state index contributed by atoms with van der Waals surface area (Å²) < 4.78 is 5.13. The van der Waals surface area contributed by atoms with Crippen molar-refractivity contribution in [1.29, 1.82) is 0 Å². The first kappa shape index (κ1) is 14.0. The van der Waals surface area contributed by atoms with Gasteiger partial charge in [0.25, 0.3) is 0 Å². The number of nitrogens with zero attached hydrogens (tertiary/aromatic N) is 1. The highest BCUT2D eigenvalue weighted by Gasteiger charge is 2.23. The van der Waals surface area contributed by atoms with Crippen LogP contribution in [0, 0.1) is 6.92 Å². The summed E-state index contributed by atoms with van der Waals surface area (Å²) in [5.41, 5.74) is 7.48. The van der Waals surface area contributed by atoms with E-state index in [1.807, 2.05) is 36.6 Å². The molecule has 0 radical (unpaired) electrons. The third-order valence-corrected chi connectivity index (χ3v) is 3.91.